The van der Waals surface area contributed by atoms with Crippen LogP contribution >= 0.6 is 11.3 Å². The number of hydrogen-bond acceptors (Lipinski definition) is 5. The van der Waals surface area contributed by atoms with E-state index >= 15 is 0 Å². The normalized spacial score (nSPS) is 20.8. The first-order valence-corrected chi connectivity index (χ1v) is 11.2. The summed E-state index contributed by atoms with van der Waals surface area (Å²) >= 11 is 1.56. The van der Waals surface area contributed by atoms with Crippen molar-refractivity contribution in [3.8, 4) is 0 Å². The fourth-order valence-electron chi connectivity index (χ4n) is 3.94. The van der Waals surface area contributed by atoms with Gasteiger partial charge < -0.3 is 15.0 Å². The highest BCUT2D eigenvalue weighted by Gasteiger charge is 2.31. The summed E-state index contributed by atoms with van der Waals surface area (Å²) in [5.74, 6) is -0.312. The number of carbonyl (C=O) groups is 2. The van der Waals surface area contributed by atoms with Crippen molar-refractivity contribution in [3.05, 3.63) is 58.0 Å². The summed E-state index contributed by atoms with van der Waals surface area (Å²) in [5.41, 5.74) is 0.846. The smallest absolute Gasteiger partial charge is 0.251 e. The first-order valence-electron chi connectivity index (χ1n) is 10.3. The molecule has 2 aliphatic heterocycles. The van der Waals surface area contributed by atoms with E-state index in [4.69, 9.17) is 4.74 Å². The van der Waals surface area contributed by atoms with Crippen LogP contribution in [0, 0.1) is 5.82 Å². The molecular formula is C22H26FN3O3S. The predicted octanol–water partition coefficient (Wildman–Crippen LogP) is 2.42. The molecule has 1 aromatic heterocycles. The number of amides is 2. The van der Waals surface area contributed by atoms with Crippen molar-refractivity contribution in [1.29, 1.82) is 0 Å². The van der Waals surface area contributed by atoms with Crippen LogP contribution in [-0.2, 0) is 14.3 Å². The summed E-state index contributed by atoms with van der Waals surface area (Å²) < 4.78 is 18.8. The topological polar surface area (TPSA) is 61.9 Å². The third kappa shape index (κ3) is 5.06. The maximum absolute atomic E-state index is 13.3. The standard InChI is InChI=1S/C22H26FN3O3S/c23-17-7-5-16(6-8-17)21(19-4-2-14-30-19)24-20(27)15-25-9-11-26(12-10-25)22(28)18-3-1-13-29-18/h2,4-8,14,18,21H,1,3,9-13,15H2,(H,24,27)/t18-,21-/m1/s1. The fraction of sp³-hybridized carbons (Fsp3) is 0.455. The molecule has 3 heterocycles. The first kappa shape index (κ1) is 21.0. The summed E-state index contributed by atoms with van der Waals surface area (Å²) in [7, 11) is 0. The van der Waals surface area contributed by atoms with Gasteiger partial charge in [0.1, 0.15) is 11.9 Å². The molecule has 0 saturated carbocycles. The summed E-state index contributed by atoms with van der Waals surface area (Å²) in [6.07, 6.45) is 1.45. The Labute approximate surface area is 179 Å². The molecule has 1 aromatic carbocycles. The molecule has 2 saturated heterocycles. The molecule has 0 radical (unpaired) electrons. The van der Waals surface area contributed by atoms with Gasteiger partial charge in [0.05, 0.1) is 12.6 Å². The maximum Gasteiger partial charge on any atom is 0.251 e. The number of thiophene rings is 1. The van der Waals surface area contributed by atoms with Crippen LogP contribution in [0.1, 0.15) is 29.3 Å². The molecule has 4 rings (SSSR count). The van der Waals surface area contributed by atoms with Gasteiger partial charge in [-0.2, -0.15) is 0 Å². The fourth-order valence-corrected chi connectivity index (χ4v) is 4.74. The van der Waals surface area contributed by atoms with Gasteiger partial charge in [0.25, 0.3) is 5.91 Å². The minimum Gasteiger partial charge on any atom is -0.368 e. The molecule has 2 amide bonds. The first-order chi connectivity index (χ1) is 14.6. The largest absolute Gasteiger partial charge is 0.368 e. The van der Waals surface area contributed by atoms with Gasteiger partial charge in [0.15, 0.2) is 0 Å². The average molecular weight is 432 g/mol. The molecular weight excluding hydrogens is 405 g/mol. The van der Waals surface area contributed by atoms with Crippen molar-refractivity contribution in [2.75, 3.05) is 39.3 Å². The number of hydrogen-bond donors (Lipinski definition) is 1. The summed E-state index contributed by atoms with van der Waals surface area (Å²) in [6.45, 7) is 3.47. The Morgan fingerprint density at radius 2 is 1.93 bits per heavy atom. The van der Waals surface area contributed by atoms with E-state index in [2.05, 4.69) is 10.2 Å². The van der Waals surface area contributed by atoms with Gasteiger partial charge in [-0.1, -0.05) is 18.2 Å². The van der Waals surface area contributed by atoms with E-state index in [1.165, 1.54) is 12.1 Å². The zero-order valence-electron chi connectivity index (χ0n) is 16.8. The maximum atomic E-state index is 13.3. The van der Waals surface area contributed by atoms with Crippen molar-refractivity contribution in [3.63, 3.8) is 0 Å². The van der Waals surface area contributed by atoms with Crippen molar-refractivity contribution < 1.29 is 18.7 Å². The number of halogens is 1. The highest BCUT2D eigenvalue weighted by molar-refractivity contribution is 7.10. The second kappa shape index (κ2) is 9.68. The van der Waals surface area contributed by atoms with E-state index in [1.807, 2.05) is 22.4 Å². The van der Waals surface area contributed by atoms with Crippen LogP contribution in [-0.4, -0.2) is 67.0 Å². The van der Waals surface area contributed by atoms with Crippen LogP contribution in [0.25, 0.3) is 0 Å². The lowest BCUT2D eigenvalue weighted by Gasteiger charge is -2.35. The van der Waals surface area contributed by atoms with Gasteiger partial charge in [0, 0.05) is 37.7 Å². The molecule has 1 N–H and O–H groups in total. The Hall–Kier alpha value is -2.29. The molecule has 30 heavy (non-hydrogen) atoms. The minimum absolute atomic E-state index is 0.0747. The van der Waals surface area contributed by atoms with E-state index in [-0.39, 0.29) is 36.3 Å². The molecule has 0 unspecified atom stereocenters. The van der Waals surface area contributed by atoms with Crippen molar-refractivity contribution in [2.24, 2.45) is 0 Å². The van der Waals surface area contributed by atoms with Crippen LogP contribution < -0.4 is 5.32 Å². The predicted molar refractivity (Wildman–Crippen MR) is 113 cm³/mol. The second-order valence-corrected chi connectivity index (χ2v) is 8.65. The third-order valence-electron chi connectivity index (χ3n) is 5.59. The third-order valence-corrected chi connectivity index (χ3v) is 6.53. The lowest BCUT2D eigenvalue weighted by Crippen LogP contribution is -2.53. The van der Waals surface area contributed by atoms with E-state index in [0.717, 1.165) is 23.3 Å². The van der Waals surface area contributed by atoms with E-state index in [9.17, 15) is 14.0 Å². The van der Waals surface area contributed by atoms with Crippen molar-refractivity contribution in [1.82, 2.24) is 15.1 Å². The zero-order chi connectivity index (χ0) is 20.9. The van der Waals surface area contributed by atoms with Crippen LogP contribution in [0.15, 0.2) is 41.8 Å². The van der Waals surface area contributed by atoms with Gasteiger partial charge >= 0.3 is 0 Å². The van der Waals surface area contributed by atoms with Gasteiger partial charge in [-0.3, -0.25) is 14.5 Å². The lowest BCUT2D eigenvalue weighted by molar-refractivity contribution is -0.142. The number of carbonyl (C=O) groups excluding carboxylic acids is 2. The summed E-state index contributed by atoms with van der Waals surface area (Å²) in [6, 6.07) is 9.83. The van der Waals surface area contributed by atoms with Gasteiger partial charge in [0.2, 0.25) is 5.91 Å². The summed E-state index contributed by atoms with van der Waals surface area (Å²) in [5, 5.41) is 5.05. The van der Waals surface area contributed by atoms with Crippen LogP contribution in [0.3, 0.4) is 0 Å². The molecule has 0 spiro atoms. The average Bonchev–Trinajstić information content (AvgIpc) is 3.47. The number of nitrogens with one attached hydrogen (secondary N) is 1. The Morgan fingerprint density at radius 3 is 2.57 bits per heavy atom. The second-order valence-electron chi connectivity index (χ2n) is 7.67. The number of rotatable bonds is 6. The van der Waals surface area contributed by atoms with Crippen molar-refractivity contribution >= 4 is 23.2 Å². The van der Waals surface area contributed by atoms with Crippen molar-refractivity contribution in [2.45, 2.75) is 25.0 Å². The molecule has 8 heteroatoms. The SMILES string of the molecule is O=C(CN1CCN(C(=O)[C@H]2CCCO2)CC1)N[C@H](c1ccc(F)cc1)c1cccs1. The minimum atomic E-state index is -0.305. The molecule has 2 atom stereocenters. The highest BCUT2D eigenvalue weighted by Crippen LogP contribution is 2.26. The van der Waals surface area contributed by atoms with E-state index in [1.54, 1.807) is 23.5 Å². The Bertz CT molecular complexity index is 845. The van der Waals surface area contributed by atoms with Gasteiger partial charge in [-0.15, -0.1) is 11.3 Å². The number of piperazine rings is 1. The monoisotopic (exact) mass is 431 g/mol. The lowest BCUT2D eigenvalue weighted by atomic mass is 10.1. The Morgan fingerprint density at radius 1 is 1.17 bits per heavy atom. The number of benzene rings is 1. The van der Waals surface area contributed by atoms with Gasteiger partial charge in [-0.05, 0) is 42.0 Å². The molecule has 0 aliphatic carbocycles. The molecule has 2 fully saturated rings. The Kier molecular flexibility index (Phi) is 6.76. The molecule has 2 aromatic rings. The molecule has 0 bridgehead atoms. The van der Waals surface area contributed by atoms with Crippen LogP contribution in [0.2, 0.25) is 0 Å². The zero-order valence-corrected chi connectivity index (χ0v) is 17.6. The molecule has 160 valence electrons. The van der Waals surface area contributed by atoms with Crippen LogP contribution in [0.4, 0.5) is 4.39 Å². The number of nitrogens with zero attached hydrogens (tertiary/aromatic N) is 2. The number of ether oxygens (including phenoxy) is 1. The molecule has 6 nitrogen and oxygen atoms in total. The highest BCUT2D eigenvalue weighted by atomic mass is 32.1. The van der Waals surface area contributed by atoms with E-state index in [0.29, 0.717) is 32.8 Å². The Balaban J connectivity index is 1.32. The summed E-state index contributed by atoms with van der Waals surface area (Å²) in [4.78, 5) is 30.1. The molecule has 2 aliphatic rings. The van der Waals surface area contributed by atoms with Crippen LogP contribution in [0.5, 0.6) is 0 Å². The quantitative estimate of drug-likeness (QED) is 0.763. The van der Waals surface area contributed by atoms with Gasteiger partial charge in [-0.25, -0.2) is 4.39 Å². The van der Waals surface area contributed by atoms with E-state index < -0.39 is 0 Å².